The second-order valence-corrected chi connectivity index (χ2v) is 15.6. The van der Waals surface area contributed by atoms with Gasteiger partial charge >= 0.3 is 0 Å². The van der Waals surface area contributed by atoms with Crippen LogP contribution in [0, 0.1) is 23.7 Å². The Morgan fingerprint density at radius 3 is 2.42 bits per heavy atom. The number of amides is 4. The number of phenols is 1. The summed E-state index contributed by atoms with van der Waals surface area (Å²) < 4.78 is 0. The van der Waals surface area contributed by atoms with Crippen LogP contribution in [-0.4, -0.2) is 131 Å². The number of likely N-dealkylation sites (tertiary alicyclic amines) is 1. The van der Waals surface area contributed by atoms with Crippen LogP contribution in [0.2, 0.25) is 0 Å². The van der Waals surface area contributed by atoms with Gasteiger partial charge in [0, 0.05) is 89.0 Å². The lowest BCUT2D eigenvalue weighted by atomic mass is 9.97. The van der Waals surface area contributed by atoms with Crippen LogP contribution in [0.3, 0.4) is 0 Å². The number of aromatic nitrogens is 2. The number of para-hydroxylation sites is 1. The van der Waals surface area contributed by atoms with Crippen LogP contribution in [-0.2, 0) is 9.59 Å². The first kappa shape index (κ1) is 31.6. The Labute approximate surface area is 300 Å². The minimum absolute atomic E-state index is 0.108. The zero-order chi connectivity index (χ0) is 35.2. The fourth-order valence-electron chi connectivity index (χ4n) is 9.71. The van der Waals surface area contributed by atoms with Crippen molar-refractivity contribution in [2.75, 3.05) is 80.6 Å². The van der Waals surface area contributed by atoms with E-state index >= 15 is 0 Å². The molecule has 1 unspecified atom stereocenters. The van der Waals surface area contributed by atoms with Crippen molar-refractivity contribution in [3.8, 4) is 17.0 Å². The van der Waals surface area contributed by atoms with Gasteiger partial charge in [0.25, 0.3) is 11.8 Å². The maximum absolute atomic E-state index is 13.3. The molecule has 0 spiro atoms. The number of rotatable bonds is 7. The molecule has 7 heterocycles. The zero-order valence-electron chi connectivity index (χ0n) is 28.8. The molecular weight excluding hydrogens is 662 g/mol. The van der Waals surface area contributed by atoms with Crippen LogP contribution in [0.5, 0.6) is 5.75 Å². The highest BCUT2D eigenvalue weighted by atomic mass is 16.3. The van der Waals surface area contributed by atoms with Crippen molar-refractivity contribution >= 4 is 40.8 Å². The average Bonchev–Trinajstić information content (AvgIpc) is 3.44. The molecule has 1 saturated carbocycles. The number of anilines is 3. The molecule has 3 aromatic rings. The zero-order valence-corrected chi connectivity index (χ0v) is 28.8. The van der Waals surface area contributed by atoms with E-state index in [0.29, 0.717) is 34.3 Å². The SMILES string of the molecule is O=C1CCC(N2C(=O)c3ccc(N4CC(CN5C[C@@H]6[C@H](C5)[C@H]6CN5CCN6c7cc(-c8ccccc8O)nnc7NC[C@H]6C5)C4)cc3C2=O)C(=O)N1. The molecule has 5 fully saturated rings. The molecular formula is C38H41N9O5. The number of nitrogens with one attached hydrogen (secondary N) is 2. The van der Waals surface area contributed by atoms with E-state index in [9.17, 15) is 24.3 Å². The molecule has 4 saturated heterocycles. The smallest absolute Gasteiger partial charge is 0.262 e. The maximum Gasteiger partial charge on any atom is 0.262 e. The Bertz CT molecular complexity index is 2010. The summed E-state index contributed by atoms with van der Waals surface area (Å²) in [6.45, 7) is 10.3. The summed E-state index contributed by atoms with van der Waals surface area (Å²) in [5.74, 6) is 2.02. The van der Waals surface area contributed by atoms with Crippen molar-refractivity contribution < 1.29 is 24.3 Å². The van der Waals surface area contributed by atoms with Gasteiger partial charge in [-0.2, -0.15) is 0 Å². The number of fused-ring (bicyclic) bond motifs is 5. The van der Waals surface area contributed by atoms with Gasteiger partial charge in [-0.25, -0.2) is 0 Å². The van der Waals surface area contributed by atoms with Gasteiger partial charge < -0.3 is 25.1 Å². The number of carbonyl (C=O) groups is 4. The van der Waals surface area contributed by atoms with E-state index in [4.69, 9.17) is 0 Å². The summed E-state index contributed by atoms with van der Waals surface area (Å²) >= 11 is 0. The highest BCUT2D eigenvalue weighted by Crippen LogP contribution is 2.52. The number of phenolic OH excluding ortho intramolecular Hbond substituents is 1. The fraction of sp³-hybridized carbons (Fsp3) is 0.474. The Balaban J connectivity index is 0.695. The molecule has 0 bridgehead atoms. The van der Waals surface area contributed by atoms with Gasteiger partial charge in [-0.05, 0) is 60.6 Å². The van der Waals surface area contributed by atoms with Crippen LogP contribution in [0.1, 0.15) is 33.6 Å². The van der Waals surface area contributed by atoms with Crippen LogP contribution in [0.4, 0.5) is 17.2 Å². The molecule has 4 amide bonds. The van der Waals surface area contributed by atoms with E-state index < -0.39 is 23.8 Å². The summed E-state index contributed by atoms with van der Waals surface area (Å²) in [6, 6.07) is 14.1. The Morgan fingerprint density at radius 1 is 0.808 bits per heavy atom. The normalized spacial score (nSPS) is 28.5. The van der Waals surface area contributed by atoms with Crippen LogP contribution >= 0.6 is 0 Å². The lowest BCUT2D eigenvalue weighted by molar-refractivity contribution is -0.136. The van der Waals surface area contributed by atoms with Gasteiger partial charge in [-0.3, -0.25) is 34.3 Å². The average molecular weight is 704 g/mol. The number of imide groups is 2. The molecule has 3 N–H and O–H groups in total. The highest BCUT2D eigenvalue weighted by Gasteiger charge is 2.56. The van der Waals surface area contributed by atoms with E-state index in [1.807, 2.05) is 24.3 Å². The van der Waals surface area contributed by atoms with E-state index in [1.54, 1.807) is 18.2 Å². The van der Waals surface area contributed by atoms with E-state index in [-0.39, 0.29) is 24.5 Å². The number of hydrogen-bond acceptors (Lipinski definition) is 12. The van der Waals surface area contributed by atoms with Crippen molar-refractivity contribution in [3.05, 3.63) is 59.7 Å². The summed E-state index contributed by atoms with van der Waals surface area (Å²) in [4.78, 5) is 61.4. The number of hydrogen-bond donors (Lipinski definition) is 3. The third kappa shape index (κ3) is 5.21. The molecule has 1 aliphatic carbocycles. The summed E-state index contributed by atoms with van der Waals surface area (Å²) in [5, 5.41) is 25.0. The van der Waals surface area contributed by atoms with Crippen molar-refractivity contribution in [1.29, 1.82) is 0 Å². The summed E-state index contributed by atoms with van der Waals surface area (Å²) in [5.41, 5.74) is 4.02. The molecule has 5 atom stereocenters. The first-order chi connectivity index (χ1) is 25.3. The molecule has 6 aliphatic heterocycles. The Hall–Kier alpha value is -5.08. The third-order valence-corrected chi connectivity index (χ3v) is 12.5. The molecule has 2 aromatic carbocycles. The van der Waals surface area contributed by atoms with Crippen molar-refractivity contribution in [1.82, 2.24) is 30.2 Å². The van der Waals surface area contributed by atoms with E-state index in [1.165, 1.54) is 13.1 Å². The van der Waals surface area contributed by atoms with Crippen molar-refractivity contribution in [2.45, 2.75) is 24.9 Å². The van der Waals surface area contributed by atoms with Crippen LogP contribution < -0.4 is 20.4 Å². The fourth-order valence-corrected chi connectivity index (χ4v) is 9.71. The van der Waals surface area contributed by atoms with Gasteiger partial charge in [-0.15, -0.1) is 10.2 Å². The molecule has 1 aromatic heterocycles. The number of piperazine rings is 1. The first-order valence-electron chi connectivity index (χ1n) is 18.5. The number of piperidine rings is 2. The largest absolute Gasteiger partial charge is 0.507 e. The Kier molecular flexibility index (Phi) is 7.29. The van der Waals surface area contributed by atoms with Gasteiger partial charge in [-0.1, -0.05) is 12.1 Å². The van der Waals surface area contributed by atoms with Gasteiger partial charge in [0.05, 0.1) is 28.6 Å². The topological polar surface area (TPSA) is 155 Å². The molecule has 14 nitrogen and oxygen atoms in total. The highest BCUT2D eigenvalue weighted by molar-refractivity contribution is 6.23. The standard InChI is InChI=1S/C38H41N9O5/c48-33-4-2-1-3-25(33)30-12-32-35(42-41-30)39-13-23-17-43(9-10-46(23)32)18-27-28-19-44(20-29(27)28)14-21-15-45(16-21)22-5-6-24-26(11-22)38(52)47(37(24)51)31-7-8-34(49)40-36(31)50/h1-6,11-12,21,23,27-29,31,48H,7-10,13-20H2,(H,39,42)(H,40,49,50)/t23-,27-,28-,29+,31?/m0/s1. The minimum atomic E-state index is -0.951. The van der Waals surface area contributed by atoms with Crippen LogP contribution in [0.25, 0.3) is 11.3 Å². The van der Waals surface area contributed by atoms with Crippen molar-refractivity contribution in [2.24, 2.45) is 23.7 Å². The second-order valence-electron chi connectivity index (χ2n) is 15.6. The van der Waals surface area contributed by atoms with E-state index in [2.05, 4.69) is 46.5 Å². The molecule has 268 valence electrons. The second kappa shape index (κ2) is 12.0. The number of carbonyl (C=O) groups excluding carboxylic acids is 4. The summed E-state index contributed by atoms with van der Waals surface area (Å²) in [6.07, 6.45) is 0.262. The summed E-state index contributed by atoms with van der Waals surface area (Å²) in [7, 11) is 0. The monoisotopic (exact) mass is 703 g/mol. The van der Waals surface area contributed by atoms with Gasteiger partial charge in [0.2, 0.25) is 11.8 Å². The Morgan fingerprint density at radius 2 is 1.62 bits per heavy atom. The predicted octanol–water partition coefficient (Wildman–Crippen LogP) is 1.48. The lowest BCUT2D eigenvalue weighted by Crippen LogP contribution is -2.58. The first-order valence-corrected chi connectivity index (χ1v) is 18.5. The third-order valence-electron chi connectivity index (χ3n) is 12.5. The lowest BCUT2D eigenvalue weighted by Gasteiger charge is -2.46. The molecule has 14 heteroatoms. The number of benzene rings is 2. The van der Waals surface area contributed by atoms with Crippen LogP contribution in [0.15, 0.2) is 48.5 Å². The van der Waals surface area contributed by atoms with E-state index in [0.717, 1.165) is 92.2 Å². The minimum Gasteiger partial charge on any atom is -0.507 e. The predicted molar refractivity (Wildman–Crippen MR) is 191 cm³/mol. The molecule has 7 aliphatic rings. The van der Waals surface area contributed by atoms with Gasteiger partial charge in [0.15, 0.2) is 5.82 Å². The molecule has 10 rings (SSSR count). The quantitative estimate of drug-likeness (QED) is 0.306. The molecule has 52 heavy (non-hydrogen) atoms. The number of nitrogens with zero attached hydrogens (tertiary/aromatic N) is 7. The maximum atomic E-state index is 13.3. The number of aromatic hydroxyl groups is 1. The van der Waals surface area contributed by atoms with Crippen molar-refractivity contribution in [3.63, 3.8) is 0 Å². The van der Waals surface area contributed by atoms with Gasteiger partial charge in [0.1, 0.15) is 11.8 Å². The molecule has 0 radical (unpaired) electrons.